The van der Waals surface area contributed by atoms with E-state index in [4.69, 9.17) is 0 Å². The number of hydrogen-bond donors (Lipinski definition) is 3. The zero-order chi connectivity index (χ0) is 22.9. The molecule has 12 heteroatoms. The molecule has 4 aromatic rings. The van der Waals surface area contributed by atoms with E-state index in [-0.39, 0.29) is 11.9 Å². The van der Waals surface area contributed by atoms with E-state index in [1.165, 1.54) is 23.1 Å². The van der Waals surface area contributed by atoms with Gasteiger partial charge in [0.05, 0.1) is 23.4 Å². The average Bonchev–Trinajstić information content (AvgIpc) is 3.53. The van der Waals surface area contributed by atoms with Gasteiger partial charge in [-0.15, -0.1) is 10.2 Å². The van der Waals surface area contributed by atoms with Crippen LogP contribution in [-0.4, -0.2) is 65.1 Å². The van der Waals surface area contributed by atoms with Crippen LogP contribution in [0.15, 0.2) is 30.5 Å². The van der Waals surface area contributed by atoms with Gasteiger partial charge in [-0.3, -0.25) is 4.79 Å². The Balaban J connectivity index is 1.41. The molecule has 0 aliphatic carbocycles. The summed E-state index contributed by atoms with van der Waals surface area (Å²) in [5, 5.41) is 25.7. The highest BCUT2D eigenvalue weighted by Crippen LogP contribution is 2.33. The fraction of sp³-hybridized carbons (Fsp3) is 0.333. The quantitative estimate of drug-likeness (QED) is 0.379. The van der Waals surface area contributed by atoms with Crippen LogP contribution in [0.25, 0.3) is 21.6 Å². The zero-order valence-corrected chi connectivity index (χ0v) is 19.7. The summed E-state index contributed by atoms with van der Waals surface area (Å²) in [6.07, 6.45) is 1.84. The molecule has 1 amide bonds. The molecule has 5 rings (SSSR count). The van der Waals surface area contributed by atoms with Gasteiger partial charge >= 0.3 is 0 Å². The van der Waals surface area contributed by atoms with Crippen molar-refractivity contribution in [3.05, 3.63) is 35.5 Å². The number of benzene rings is 1. The van der Waals surface area contributed by atoms with Crippen molar-refractivity contribution in [2.24, 2.45) is 0 Å². The van der Waals surface area contributed by atoms with Crippen LogP contribution in [-0.2, 0) is 0 Å². The van der Waals surface area contributed by atoms with Crippen LogP contribution in [0.4, 0.5) is 17.2 Å². The number of rotatable bonds is 6. The Morgan fingerprint density at radius 2 is 2.06 bits per heavy atom. The van der Waals surface area contributed by atoms with E-state index in [0.29, 0.717) is 35.3 Å². The molecule has 0 unspecified atom stereocenters. The maximum Gasteiger partial charge on any atom is 0.284 e. The number of aliphatic hydroxyl groups is 1. The van der Waals surface area contributed by atoms with Gasteiger partial charge in [0.15, 0.2) is 5.01 Å². The number of aromatic nitrogens is 5. The lowest BCUT2D eigenvalue weighted by Gasteiger charge is -2.15. The molecule has 0 bridgehead atoms. The van der Waals surface area contributed by atoms with Gasteiger partial charge in [0.25, 0.3) is 5.91 Å². The number of likely N-dealkylation sites (tertiary alicyclic amines) is 1. The fourth-order valence-electron chi connectivity index (χ4n) is 3.61. The lowest BCUT2D eigenvalue weighted by Crippen LogP contribution is -2.29. The van der Waals surface area contributed by atoms with Crippen LogP contribution in [0.3, 0.4) is 0 Å². The largest absolute Gasteiger partial charge is 0.391 e. The molecule has 1 aliphatic heterocycles. The molecular weight excluding hydrogens is 460 g/mol. The van der Waals surface area contributed by atoms with Gasteiger partial charge in [-0.1, -0.05) is 11.3 Å². The van der Waals surface area contributed by atoms with Gasteiger partial charge in [0.2, 0.25) is 5.01 Å². The predicted molar refractivity (Wildman–Crippen MR) is 129 cm³/mol. The summed E-state index contributed by atoms with van der Waals surface area (Å²) in [5.41, 5.74) is 4.17. The minimum atomic E-state index is -0.472. The van der Waals surface area contributed by atoms with Gasteiger partial charge in [-0.05, 0) is 38.5 Å². The van der Waals surface area contributed by atoms with Crippen LogP contribution >= 0.6 is 23.1 Å². The molecule has 0 saturated carbocycles. The second-order valence-electron chi connectivity index (χ2n) is 8.11. The number of carbonyl (C=O) groups excluding carboxylic acids is 1. The average molecular weight is 483 g/mol. The van der Waals surface area contributed by atoms with Crippen LogP contribution in [0, 0.1) is 0 Å². The number of nitrogens with zero attached hydrogens (tertiary/aromatic N) is 6. The molecule has 0 spiro atoms. The second kappa shape index (κ2) is 8.96. The lowest BCUT2D eigenvalue weighted by atomic mass is 10.2. The smallest absolute Gasteiger partial charge is 0.284 e. The van der Waals surface area contributed by atoms with Crippen molar-refractivity contribution in [2.75, 3.05) is 23.7 Å². The van der Waals surface area contributed by atoms with Crippen molar-refractivity contribution in [3.63, 3.8) is 0 Å². The maximum absolute atomic E-state index is 12.7. The van der Waals surface area contributed by atoms with Crippen molar-refractivity contribution in [3.8, 4) is 10.6 Å². The van der Waals surface area contributed by atoms with E-state index in [1.54, 1.807) is 11.1 Å². The molecule has 4 heterocycles. The first kappa shape index (κ1) is 21.6. The molecule has 1 atom stereocenters. The lowest BCUT2D eigenvalue weighted by molar-refractivity contribution is 0.0763. The minimum Gasteiger partial charge on any atom is -0.391 e. The van der Waals surface area contributed by atoms with Crippen molar-refractivity contribution in [1.29, 1.82) is 0 Å². The first-order valence-corrected chi connectivity index (χ1v) is 12.1. The van der Waals surface area contributed by atoms with Crippen LogP contribution in [0.2, 0.25) is 0 Å². The summed E-state index contributed by atoms with van der Waals surface area (Å²) >= 11 is 2.41. The normalized spacial score (nSPS) is 16.0. The van der Waals surface area contributed by atoms with Crippen molar-refractivity contribution >= 4 is 57.2 Å². The van der Waals surface area contributed by atoms with Crippen LogP contribution in [0.1, 0.15) is 30.1 Å². The van der Waals surface area contributed by atoms with Gasteiger partial charge < -0.3 is 20.6 Å². The highest BCUT2D eigenvalue weighted by Gasteiger charge is 2.28. The summed E-state index contributed by atoms with van der Waals surface area (Å²) in [7, 11) is 0. The molecule has 170 valence electrons. The molecule has 10 nitrogen and oxygen atoms in total. The summed E-state index contributed by atoms with van der Waals surface area (Å²) < 4.78 is 8.51. The number of pyridine rings is 1. The van der Waals surface area contributed by atoms with Crippen molar-refractivity contribution in [1.82, 2.24) is 28.8 Å². The molecule has 1 aromatic carbocycles. The first-order chi connectivity index (χ1) is 16.0. The third-order valence-corrected chi connectivity index (χ3v) is 6.66. The number of amides is 1. The molecular formula is C21H22N8O2S2. The fourth-order valence-corrected chi connectivity index (χ4v) is 4.97. The van der Waals surface area contributed by atoms with E-state index >= 15 is 0 Å². The number of hydrogen-bond acceptors (Lipinski definition) is 11. The van der Waals surface area contributed by atoms with E-state index < -0.39 is 6.10 Å². The van der Waals surface area contributed by atoms with Crippen LogP contribution < -0.4 is 10.6 Å². The second-order valence-corrected chi connectivity index (χ2v) is 9.62. The third-order valence-electron chi connectivity index (χ3n) is 5.16. The van der Waals surface area contributed by atoms with Gasteiger partial charge in [-0.25, -0.2) is 4.98 Å². The van der Waals surface area contributed by atoms with Gasteiger partial charge in [-0.2, -0.15) is 8.75 Å². The molecule has 3 N–H and O–H groups in total. The highest BCUT2D eigenvalue weighted by molar-refractivity contribution is 7.16. The number of carbonyl (C=O) groups is 1. The maximum atomic E-state index is 12.7. The Morgan fingerprint density at radius 3 is 2.85 bits per heavy atom. The summed E-state index contributed by atoms with van der Waals surface area (Å²) in [5.74, 6) is 0.461. The summed E-state index contributed by atoms with van der Waals surface area (Å²) in [6.45, 7) is 4.96. The molecule has 0 radical (unpaired) electrons. The van der Waals surface area contributed by atoms with E-state index in [2.05, 4.69) is 34.6 Å². The number of nitrogens with one attached hydrogen (secondary N) is 2. The van der Waals surface area contributed by atoms with Gasteiger partial charge in [0.1, 0.15) is 16.9 Å². The Labute approximate surface area is 198 Å². The zero-order valence-electron chi connectivity index (χ0n) is 18.0. The molecule has 1 aliphatic rings. The van der Waals surface area contributed by atoms with Crippen LogP contribution in [0.5, 0.6) is 0 Å². The monoisotopic (exact) mass is 482 g/mol. The Bertz CT molecular complexity index is 1300. The molecule has 1 saturated heterocycles. The van der Waals surface area contributed by atoms with Gasteiger partial charge in [0, 0.05) is 42.8 Å². The summed E-state index contributed by atoms with van der Waals surface area (Å²) in [6, 6.07) is 7.88. The number of aliphatic hydroxyl groups excluding tert-OH is 1. The Morgan fingerprint density at radius 1 is 1.21 bits per heavy atom. The number of anilines is 3. The Hall–Kier alpha value is -3.22. The third kappa shape index (κ3) is 4.63. The predicted octanol–water partition coefficient (Wildman–Crippen LogP) is 3.38. The van der Waals surface area contributed by atoms with E-state index in [0.717, 1.165) is 28.0 Å². The standard InChI is InChI=1S/C21H22N8O2S2/c1-11(2)23-16-8-18(24-12-3-4-15-17(7-12)28-33-27-15)22-9-14(16)19-25-26-20(32-19)21(31)29-6-5-13(30)10-29/h3-4,7-9,11,13,30H,5-6,10H2,1-2H3,(H2,22,23,24)/t13-/m1/s1. The highest BCUT2D eigenvalue weighted by atomic mass is 32.1. The number of fused-ring (bicyclic) bond motifs is 1. The first-order valence-electron chi connectivity index (χ1n) is 10.5. The van der Waals surface area contributed by atoms with Crippen molar-refractivity contribution < 1.29 is 9.90 Å². The Kier molecular flexibility index (Phi) is 5.87. The van der Waals surface area contributed by atoms with Crippen molar-refractivity contribution in [2.45, 2.75) is 32.4 Å². The molecule has 33 heavy (non-hydrogen) atoms. The minimum absolute atomic E-state index is 0.177. The SMILES string of the molecule is CC(C)Nc1cc(Nc2ccc3nsnc3c2)ncc1-c1nnc(C(=O)N2CC[C@@H](O)C2)s1. The topological polar surface area (TPSA) is 129 Å². The molecule has 1 fully saturated rings. The summed E-state index contributed by atoms with van der Waals surface area (Å²) in [4.78, 5) is 18.9. The number of β-amino-alcohol motifs (C(OH)–C–C–N with tert-alkyl or cyclic N) is 1. The van der Waals surface area contributed by atoms with E-state index in [9.17, 15) is 9.90 Å². The molecule has 3 aromatic heterocycles. The van der Waals surface area contributed by atoms with E-state index in [1.807, 2.05) is 38.1 Å².